The number of H-pyrrole nitrogens is 1. The van der Waals surface area contributed by atoms with Crippen molar-refractivity contribution in [3.63, 3.8) is 0 Å². The molecular weight excluding hydrogens is 560 g/mol. The van der Waals surface area contributed by atoms with Crippen LogP contribution < -0.4 is 27.4 Å². The minimum absolute atomic E-state index is 0.0718. The average Bonchev–Trinajstić information content (AvgIpc) is 3.38. The predicted molar refractivity (Wildman–Crippen MR) is 154 cm³/mol. The van der Waals surface area contributed by atoms with Crippen LogP contribution in [0.2, 0.25) is 0 Å². The molecule has 0 saturated carbocycles. The van der Waals surface area contributed by atoms with Gasteiger partial charge >= 0.3 is 12.1 Å². The van der Waals surface area contributed by atoms with E-state index in [1.54, 1.807) is 42.6 Å². The fraction of sp³-hybridized carbons (Fsp3) is 0.310. The quantitative estimate of drug-likeness (QED) is 0.124. The van der Waals surface area contributed by atoms with Crippen LogP contribution in [0.25, 0.3) is 10.9 Å². The third kappa shape index (κ3) is 10.2. The maximum Gasteiger partial charge on any atom is 0.408 e. The average molecular weight is 595 g/mol. The molecule has 0 aliphatic rings. The summed E-state index contributed by atoms with van der Waals surface area (Å²) in [5.41, 5.74) is 12.6. The summed E-state index contributed by atoms with van der Waals surface area (Å²) in [5, 5.41) is 17.8. The Hall–Kier alpha value is -5.40. The number of aromatic nitrogens is 1. The van der Waals surface area contributed by atoms with E-state index in [0.29, 0.717) is 11.1 Å². The van der Waals surface area contributed by atoms with E-state index in [1.807, 2.05) is 18.2 Å². The summed E-state index contributed by atoms with van der Waals surface area (Å²) >= 11 is 0. The topological polar surface area (TPSA) is 236 Å². The molecule has 3 atom stereocenters. The monoisotopic (exact) mass is 594 g/mol. The van der Waals surface area contributed by atoms with Gasteiger partial charge in [0.25, 0.3) is 0 Å². The molecule has 43 heavy (non-hydrogen) atoms. The van der Waals surface area contributed by atoms with Crippen LogP contribution in [0.4, 0.5) is 4.79 Å². The van der Waals surface area contributed by atoms with Crippen molar-refractivity contribution >= 4 is 46.6 Å². The molecule has 14 nitrogen and oxygen atoms in total. The number of fused-ring (bicyclic) bond motifs is 1. The molecule has 3 aromatic rings. The van der Waals surface area contributed by atoms with Gasteiger partial charge in [-0.15, -0.1) is 0 Å². The standard InChI is InChI=1S/C29H34N6O8/c30-24(36)12-10-21(26(38)34-23(28(40)41)14-18-15-32-20-9-5-4-8-19(18)20)33-27(39)22(11-13-25(31)37)35-29(42)43-16-17-6-2-1-3-7-17/h1-9,15,21-23,32H,10-14,16H2,(H2,30,36)(H2,31,37)(H,33,39)(H,34,38)(H,35,42)(H,40,41)/t21-,22-,23+/m0/s1. The molecule has 0 radical (unpaired) electrons. The minimum Gasteiger partial charge on any atom is -0.480 e. The SMILES string of the molecule is NC(=O)CC[C@H](NC(=O)OCc1ccccc1)C(=O)N[C@@H](CCC(N)=O)C(=O)N[C@H](Cc1c[nH]c2ccccc12)C(=O)O. The Labute approximate surface area is 246 Å². The summed E-state index contributed by atoms with van der Waals surface area (Å²) in [5.74, 6) is -4.58. The van der Waals surface area contributed by atoms with E-state index >= 15 is 0 Å². The van der Waals surface area contributed by atoms with E-state index in [9.17, 15) is 33.9 Å². The zero-order chi connectivity index (χ0) is 31.4. The van der Waals surface area contributed by atoms with Gasteiger partial charge in [-0.1, -0.05) is 48.5 Å². The molecule has 1 aromatic heterocycles. The highest BCUT2D eigenvalue weighted by Crippen LogP contribution is 2.19. The van der Waals surface area contributed by atoms with Crippen molar-refractivity contribution in [2.24, 2.45) is 11.5 Å². The summed E-state index contributed by atoms with van der Waals surface area (Å²) in [7, 11) is 0. The number of carboxylic acid groups (broad SMARTS) is 1. The van der Waals surface area contributed by atoms with Crippen LogP contribution in [0.5, 0.6) is 0 Å². The zero-order valence-corrected chi connectivity index (χ0v) is 23.2. The molecular formula is C29H34N6O8. The minimum atomic E-state index is -1.40. The number of aromatic amines is 1. The molecule has 0 aliphatic heterocycles. The maximum atomic E-state index is 13.2. The van der Waals surface area contributed by atoms with Crippen molar-refractivity contribution < 1.29 is 38.6 Å². The molecule has 0 aliphatic carbocycles. The van der Waals surface area contributed by atoms with Crippen molar-refractivity contribution in [2.45, 2.75) is 56.8 Å². The second-order valence-electron chi connectivity index (χ2n) is 9.79. The number of rotatable bonds is 16. The Morgan fingerprint density at radius 1 is 0.767 bits per heavy atom. The number of carboxylic acids is 1. The van der Waals surface area contributed by atoms with E-state index in [-0.39, 0.29) is 38.7 Å². The largest absolute Gasteiger partial charge is 0.480 e. The molecule has 3 rings (SSSR count). The number of ether oxygens (including phenoxy) is 1. The van der Waals surface area contributed by atoms with Gasteiger partial charge in [0.1, 0.15) is 24.7 Å². The predicted octanol–water partition coefficient (Wildman–Crippen LogP) is 0.591. The molecule has 0 unspecified atom stereocenters. The number of carbonyl (C=O) groups is 6. The maximum absolute atomic E-state index is 13.2. The molecule has 2 aromatic carbocycles. The van der Waals surface area contributed by atoms with Gasteiger partial charge in [-0.05, 0) is 30.0 Å². The lowest BCUT2D eigenvalue weighted by molar-refractivity contribution is -0.142. The third-order valence-corrected chi connectivity index (χ3v) is 6.53. The molecule has 1 heterocycles. The molecule has 9 N–H and O–H groups in total. The van der Waals surface area contributed by atoms with Crippen molar-refractivity contribution in [2.75, 3.05) is 0 Å². The first kappa shape index (κ1) is 32.1. The van der Waals surface area contributed by atoms with Crippen molar-refractivity contribution in [3.05, 3.63) is 71.9 Å². The highest BCUT2D eigenvalue weighted by molar-refractivity contribution is 5.94. The van der Waals surface area contributed by atoms with Crippen LogP contribution >= 0.6 is 0 Å². The fourth-order valence-corrected chi connectivity index (χ4v) is 4.28. The first-order valence-corrected chi connectivity index (χ1v) is 13.5. The second kappa shape index (κ2) is 15.6. The Bertz CT molecular complexity index is 1460. The van der Waals surface area contributed by atoms with Crippen LogP contribution in [0.1, 0.15) is 36.8 Å². The van der Waals surface area contributed by atoms with Gasteiger partial charge < -0.3 is 42.2 Å². The molecule has 0 bridgehead atoms. The van der Waals surface area contributed by atoms with Crippen LogP contribution in [-0.2, 0) is 41.7 Å². The van der Waals surface area contributed by atoms with Gasteiger partial charge in [0.2, 0.25) is 23.6 Å². The Morgan fingerprint density at radius 3 is 1.93 bits per heavy atom. The van der Waals surface area contributed by atoms with Crippen molar-refractivity contribution in [1.29, 1.82) is 0 Å². The van der Waals surface area contributed by atoms with Crippen LogP contribution in [0.15, 0.2) is 60.8 Å². The highest BCUT2D eigenvalue weighted by atomic mass is 16.5. The first-order valence-electron chi connectivity index (χ1n) is 13.5. The van der Waals surface area contributed by atoms with E-state index in [2.05, 4.69) is 20.9 Å². The lowest BCUT2D eigenvalue weighted by Crippen LogP contribution is -2.56. The number of hydrogen-bond donors (Lipinski definition) is 7. The Morgan fingerprint density at radius 2 is 1.33 bits per heavy atom. The van der Waals surface area contributed by atoms with E-state index in [4.69, 9.17) is 16.2 Å². The number of hydrogen-bond acceptors (Lipinski definition) is 7. The van der Waals surface area contributed by atoms with Gasteiger partial charge in [0.15, 0.2) is 0 Å². The lowest BCUT2D eigenvalue weighted by atomic mass is 10.0. The van der Waals surface area contributed by atoms with Crippen molar-refractivity contribution in [1.82, 2.24) is 20.9 Å². The summed E-state index contributed by atoms with van der Waals surface area (Å²) in [6.07, 6.45) is -0.450. The second-order valence-corrected chi connectivity index (χ2v) is 9.79. The first-order chi connectivity index (χ1) is 20.5. The number of amides is 5. The third-order valence-electron chi connectivity index (χ3n) is 6.53. The normalized spacial score (nSPS) is 12.8. The van der Waals surface area contributed by atoms with Gasteiger partial charge in [-0.25, -0.2) is 9.59 Å². The fourth-order valence-electron chi connectivity index (χ4n) is 4.28. The molecule has 14 heteroatoms. The highest BCUT2D eigenvalue weighted by Gasteiger charge is 2.30. The number of alkyl carbamates (subject to hydrolysis) is 1. The molecule has 5 amide bonds. The number of nitrogens with two attached hydrogens (primary N) is 2. The lowest BCUT2D eigenvalue weighted by Gasteiger charge is -2.24. The van der Waals surface area contributed by atoms with Gasteiger partial charge in [0, 0.05) is 36.4 Å². The van der Waals surface area contributed by atoms with Crippen molar-refractivity contribution in [3.8, 4) is 0 Å². The van der Waals surface area contributed by atoms with E-state index in [1.165, 1.54) is 0 Å². The van der Waals surface area contributed by atoms with Crippen LogP contribution in [0.3, 0.4) is 0 Å². The van der Waals surface area contributed by atoms with Gasteiger partial charge in [-0.2, -0.15) is 0 Å². The van der Waals surface area contributed by atoms with E-state index < -0.39 is 53.8 Å². The van der Waals surface area contributed by atoms with Gasteiger partial charge in [-0.3, -0.25) is 19.2 Å². The Balaban J connectivity index is 1.71. The summed E-state index contributed by atoms with van der Waals surface area (Å²) < 4.78 is 5.15. The summed E-state index contributed by atoms with van der Waals surface area (Å²) in [4.78, 5) is 76.9. The Kier molecular flexibility index (Phi) is 11.6. The number of primary amides is 2. The number of carbonyl (C=O) groups excluding carboxylic acids is 5. The number of aliphatic carboxylic acids is 1. The summed E-state index contributed by atoms with van der Waals surface area (Å²) in [6, 6.07) is 11.9. The van der Waals surface area contributed by atoms with E-state index in [0.717, 1.165) is 10.9 Å². The molecule has 0 spiro atoms. The van der Waals surface area contributed by atoms with Crippen LogP contribution in [0, 0.1) is 0 Å². The van der Waals surface area contributed by atoms with Crippen LogP contribution in [-0.4, -0.2) is 63.9 Å². The molecule has 228 valence electrons. The van der Waals surface area contributed by atoms with Gasteiger partial charge in [0.05, 0.1) is 0 Å². The smallest absolute Gasteiger partial charge is 0.408 e. The zero-order valence-electron chi connectivity index (χ0n) is 23.2. The summed E-state index contributed by atoms with van der Waals surface area (Å²) in [6.45, 7) is -0.0898. The molecule has 0 fully saturated rings. The number of benzene rings is 2. The molecule has 0 saturated heterocycles. The number of nitrogens with one attached hydrogen (secondary N) is 4. The number of para-hydroxylation sites is 1.